The Hall–Kier alpha value is -2.12. The lowest BCUT2D eigenvalue weighted by Gasteiger charge is -2.28. The van der Waals surface area contributed by atoms with Crippen molar-refractivity contribution in [2.24, 2.45) is 23.7 Å². The number of aryl methyl sites for hydroxylation is 1. The van der Waals surface area contributed by atoms with E-state index in [1.807, 2.05) is 19.1 Å². The Bertz CT molecular complexity index is 875. The van der Waals surface area contributed by atoms with Crippen LogP contribution in [-0.2, 0) is 30.3 Å². The second kappa shape index (κ2) is 8.19. The zero-order valence-corrected chi connectivity index (χ0v) is 17.9. The average Bonchev–Trinajstić information content (AvgIpc) is 3.33. The van der Waals surface area contributed by atoms with Crippen molar-refractivity contribution in [3.05, 3.63) is 29.8 Å². The molecule has 1 aromatic carbocycles. The summed E-state index contributed by atoms with van der Waals surface area (Å²) in [7, 11) is 0. The van der Waals surface area contributed by atoms with Crippen LogP contribution < -0.4 is 5.32 Å². The van der Waals surface area contributed by atoms with E-state index in [2.05, 4.69) is 5.32 Å². The summed E-state index contributed by atoms with van der Waals surface area (Å²) in [5.41, 5.74) is 1.61. The number of halogens is 2. The van der Waals surface area contributed by atoms with Crippen LogP contribution in [-0.4, -0.2) is 52.5 Å². The number of hydrogen-bond acceptors (Lipinski definition) is 5. The van der Waals surface area contributed by atoms with Gasteiger partial charge in [0.15, 0.2) is 6.61 Å². The van der Waals surface area contributed by atoms with Crippen molar-refractivity contribution in [3.8, 4) is 0 Å². The lowest BCUT2D eigenvalue weighted by molar-refractivity contribution is -0.154. The van der Waals surface area contributed by atoms with Gasteiger partial charge in [0.2, 0.25) is 11.8 Å². The van der Waals surface area contributed by atoms with Crippen molar-refractivity contribution in [2.45, 2.75) is 30.5 Å². The molecule has 1 N–H and O–H groups in total. The van der Waals surface area contributed by atoms with Crippen LogP contribution in [0.4, 0.5) is 5.69 Å². The number of rotatable bonds is 6. The number of nitrogens with zero attached hydrogens (tertiary/aromatic N) is 1. The average molecular weight is 453 g/mol. The molecular weight excluding hydrogens is 431 g/mol. The first-order valence-corrected chi connectivity index (χ1v) is 10.9. The summed E-state index contributed by atoms with van der Waals surface area (Å²) < 4.78 is 4.99. The van der Waals surface area contributed by atoms with Crippen molar-refractivity contribution in [1.82, 2.24) is 4.90 Å². The van der Waals surface area contributed by atoms with Gasteiger partial charge in [-0.1, -0.05) is 25.1 Å². The second-order valence-corrected chi connectivity index (χ2v) is 8.99. The van der Waals surface area contributed by atoms with Crippen LogP contribution in [0.25, 0.3) is 0 Å². The molecule has 30 heavy (non-hydrogen) atoms. The van der Waals surface area contributed by atoms with Gasteiger partial charge in [-0.15, -0.1) is 23.2 Å². The molecule has 0 radical (unpaired) electrons. The van der Waals surface area contributed by atoms with Crippen molar-refractivity contribution < 1.29 is 23.9 Å². The van der Waals surface area contributed by atoms with Gasteiger partial charge in [-0.2, -0.15) is 0 Å². The van der Waals surface area contributed by atoms with Crippen LogP contribution in [0.3, 0.4) is 0 Å². The molecule has 2 bridgehead atoms. The summed E-state index contributed by atoms with van der Waals surface area (Å²) in [6, 6.07) is 7.33. The highest BCUT2D eigenvalue weighted by atomic mass is 35.5. The normalized spacial score (nSPS) is 31.8. The summed E-state index contributed by atoms with van der Waals surface area (Å²) >= 11 is 12.6. The van der Waals surface area contributed by atoms with Crippen molar-refractivity contribution in [1.29, 1.82) is 0 Å². The molecule has 0 unspecified atom stereocenters. The van der Waals surface area contributed by atoms with E-state index >= 15 is 0 Å². The lowest BCUT2D eigenvalue weighted by Crippen LogP contribution is -2.38. The number of carbonyl (C=O) groups excluding carboxylic acids is 4. The Morgan fingerprint density at radius 3 is 2.30 bits per heavy atom. The van der Waals surface area contributed by atoms with Crippen LogP contribution in [0.2, 0.25) is 0 Å². The van der Waals surface area contributed by atoms with E-state index in [0.717, 1.165) is 16.9 Å². The number of alkyl halides is 2. The maximum atomic E-state index is 12.7. The molecule has 1 saturated heterocycles. The number of hydrogen-bond donors (Lipinski definition) is 1. The summed E-state index contributed by atoms with van der Waals surface area (Å²) in [6.45, 7) is 0.955. The molecule has 7 nitrogen and oxygen atoms in total. The van der Waals surface area contributed by atoms with Crippen molar-refractivity contribution in [3.63, 3.8) is 0 Å². The fourth-order valence-corrected chi connectivity index (χ4v) is 5.92. The minimum Gasteiger partial charge on any atom is -0.454 e. The first kappa shape index (κ1) is 21.1. The quantitative estimate of drug-likeness (QED) is 0.405. The number of likely N-dealkylation sites (tertiary alicyclic amines) is 1. The predicted octanol–water partition coefficient (Wildman–Crippen LogP) is 2.20. The number of imide groups is 1. The van der Waals surface area contributed by atoms with Crippen molar-refractivity contribution in [2.75, 3.05) is 18.5 Å². The first-order chi connectivity index (χ1) is 14.3. The summed E-state index contributed by atoms with van der Waals surface area (Å²) in [5.74, 6) is -3.42. The molecule has 3 aliphatic rings. The number of carbonyl (C=O) groups is 4. The number of ether oxygens (including phenoxy) is 1. The maximum Gasteiger partial charge on any atom is 0.326 e. The van der Waals surface area contributed by atoms with Gasteiger partial charge in [-0.25, -0.2) is 0 Å². The molecule has 3 amide bonds. The van der Waals surface area contributed by atoms with Gasteiger partial charge in [-0.3, -0.25) is 24.1 Å². The van der Waals surface area contributed by atoms with Crippen LogP contribution in [0.15, 0.2) is 24.3 Å². The Balaban J connectivity index is 1.32. The van der Waals surface area contributed by atoms with Crippen molar-refractivity contribution >= 4 is 52.6 Å². The third-order valence-electron chi connectivity index (χ3n) is 6.40. The molecule has 1 aliphatic heterocycles. The van der Waals surface area contributed by atoms with E-state index in [0.29, 0.717) is 12.1 Å². The summed E-state index contributed by atoms with van der Waals surface area (Å²) in [5, 5.41) is 2.00. The standard InChI is InChI=1S/C21H22Cl2N2O5/c1-2-10-5-3-4-6-13(10)24-14(26)9-30-15(27)8-25-20(28)16-11-7-12(17(16)21(25)29)19(23)18(11)22/h3-6,11-12,16-19H,2,7-9H2,1H3,(H,24,26)/t11-,12-,16-,17+,18+,19+/m1/s1. The van der Waals surface area contributed by atoms with Crippen LogP contribution in [0.1, 0.15) is 18.9 Å². The highest BCUT2D eigenvalue weighted by Gasteiger charge is 2.66. The summed E-state index contributed by atoms with van der Waals surface area (Å²) in [6.07, 6.45) is 1.40. The molecule has 6 atom stereocenters. The summed E-state index contributed by atoms with van der Waals surface area (Å²) in [4.78, 5) is 50.7. The Morgan fingerprint density at radius 1 is 1.10 bits per heavy atom. The highest BCUT2D eigenvalue weighted by molar-refractivity contribution is 6.31. The van der Waals surface area contributed by atoms with Crippen LogP contribution >= 0.6 is 23.2 Å². The predicted molar refractivity (Wildman–Crippen MR) is 110 cm³/mol. The van der Waals surface area contributed by atoms with Crippen LogP contribution in [0, 0.1) is 23.7 Å². The number of benzene rings is 1. The largest absolute Gasteiger partial charge is 0.454 e. The Labute approximate surface area is 184 Å². The fraction of sp³-hybridized carbons (Fsp3) is 0.524. The van der Waals surface area contributed by atoms with E-state index in [-0.39, 0.29) is 22.6 Å². The molecule has 1 aromatic rings. The highest BCUT2D eigenvalue weighted by Crippen LogP contribution is 2.59. The molecule has 0 aromatic heterocycles. The Morgan fingerprint density at radius 2 is 1.70 bits per heavy atom. The smallest absolute Gasteiger partial charge is 0.326 e. The van der Waals surface area contributed by atoms with Gasteiger partial charge in [0.05, 0.1) is 22.6 Å². The molecular formula is C21H22Cl2N2O5. The molecule has 160 valence electrons. The molecule has 1 heterocycles. The first-order valence-electron chi connectivity index (χ1n) is 10.00. The number of fused-ring (bicyclic) bond motifs is 5. The monoisotopic (exact) mass is 452 g/mol. The zero-order valence-electron chi connectivity index (χ0n) is 16.3. The van der Waals surface area contributed by atoms with E-state index in [9.17, 15) is 19.2 Å². The molecule has 9 heteroatoms. The van der Waals surface area contributed by atoms with E-state index in [1.54, 1.807) is 12.1 Å². The molecule has 4 rings (SSSR count). The van der Waals surface area contributed by atoms with Gasteiger partial charge in [0.1, 0.15) is 6.54 Å². The molecule has 2 saturated carbocycles. The molecule has 0 spiro atoms. The van der Waals surface area contributed by atoms with E-state index in [4.69, 9.17) is 27.9 Å². The van der Waals surface area contributed by atoms with E-state index in [1.165, 1.54) is 0 Å². The van der Waals surface area contributed by atoms with Gasteiger partial charge >= 0.3 is 5.97 Å². The SMILES string of the molecule is CCc1ccccc1NC(=O)COC(=O)CN1C(=O)[C@@H]2[C@H]3C[C@@H]([C@H](Cl)[C@H]3Cl)[C@@H]2C1=O. The van der Waals surface area contributed by atoms with Gasteiger partial charge in [-0.05, 0) is 36.3 Å². The number of para-hydroxylation sites is 1. The topological polar surface area (TPSA) is 92.8 Å². The lowest BCUT2D eigenvalue weighted by atomic mass is 9.80. The van der Waals surface area contributed by atoms with Gasteiger partial charge in [0, 0.05) is 5.69 Å². The number of esters is 1. The molecule has 2 aliphatic carbocycles. The zero-order chi connectivity index (χ0) is 21.6. The fourth-order valence-electron chi connectivity index (χ4n) is 5.02. The number of anilines is 1. The molecule has 3 fully saturated rings. The number of nitrogens with one attached hydrogen (secondary N) is 1. The number of amides is 3. The third kappa shape index (κ3) is 3.48. The Kier molecular flexibility index (Phi) is 5.77. The van der Waals surface area contributed by atoms with Gasteiger partial charge < -0.3 is 10.1 Å². The van der Waals surface area contributed by atoms with Gasteiger partial charge in [0.25, 0.3) is 5.91 Å². The third-order valence-corrected chi connectivity index (χ3v) is 7.72. The minimum atomic E-state index is -0.812. The van der Waals surface area contributed by atoms with Crippen LogP contribution in [0.5, 0.6) is 0 Å². The maximum absolute atomic E-state index is 12.7. The minimum absolute atomic E-state index is 0.147. The second-order valence-electron chi connectivity index (χ2n) is 7.99. The van der Waals surface area contributed by atoms with E-state index < -0.39 is 48.7 Å².